The molecule has 1 rings (SSSR count). The average Bonchev–Trinajstić information content (AvgIpc) is 2.47. The largest absolute Gasteiger partial charge is 0.452 e. The van der Waals surface area contributed by atoms with Gasteiger partial charge in [-0.15, -0.1) is 0 Å². The van der Waals surface area contributed by atoms with E-state index in [1.165, 1.54) is 18.2 Å². The fourth-order valence-corrected chi connectivity index (χ4v) is 1.97. The van der Waals surface area contributed by atoms with Crippen LogP contribution in [-0.2, 0) is 14.3 Å². The molecule has 0 spiro atoms. The van der Waals surface area contributed by atoms with Crippen molar-refractivity contribution in [3.05, 3.63) is 33.8 Å². The van der Waals surface area contributed by atoms with Gasteiger partial charge in [-0.25, -0.2) is 4.79 Å². The minimum Gasteiger partial charge on any atom is -0.452 e. The predicted molar refractivity (Wildman–Crippen MR) is 83.1 cm³/mol. The molecule has 0 heterocycles. The molecule has 0 atom stereocenters. The first kappa shape index (κ1) is 18.3. The molecule has 1 aromatic rings. The zero-order chi connectivity index (χ0) is 16.5. The third-order valence-electron chi connectivity index (χ3n) is 2.45. The highest BCUT2D eigenvalue weighted by atomic mass is 35.5. The normalized spacial score (nSPS) is 9.95. The van der Waals surface area contributed by atoms with E-state index in [2.05, 4.69) is 10.6 Å². The highest BCUT2D eigenvalue weighted by Gasteiger charge is 2.12. The smallest absolute Gasteiger partial charge is 0.338 e. The molecular weight excluding hydrogens is 331 g/mol. The van der Waals surface area contributed by atoms with Crippen molar-refractivity contribution in [2.24, 2.45) is 0 Å². The molecule has 8 heteroatoms. The summed E-state index contributed by atoms with van der Waals surface area (Å²) in [4.78, 5) is 34.5. The number of hydrogen-bond donors (Lipinski definition) is 2. The average molecular weight is 347 g/mol. The number of hydrogen-bond acceptors (Lipinski definition) is 4. The topological polar surface area (TPSA) is 84.5 Å². The van der Waals surface area contributed by atoms with Crippen LogP contribution in [0.4, 0.5) is 0 Å². The number of amides is 2. The number of rotatable bonds is 7. The highest BCUT2D eigenvalue weighted by Crippen LogP contribution is 2.19. The molecule has 120 valence electrons. The van der Waals surface area contributed by atoms with Gasteiger partial charge < -0.3 is 15.4 Å². The number of halogens is 2. The van der Waals surface area contributed by atoms with Gasteiger partial charge in [-0.3, -0.25) is 9.59 Å². The van der Waals surface area contributed by atoms with Gasteiger partial charge in [0.2, 0.25) is 5.91 Å². The van der Waals surface area contributed by atoms with Gasteiger partial charge >= 0.3 is 5.97 Å². The van der Waals surface area contributed by atoms with Crippen molar-refractivity contribution >= 4 is 41.0 Å². The van der Waals surface area contributed by atoms with Crippen LogP contribution in [0.5, 0.6) is 0 Å². The van der Waals surface area contributed by atoms with Crippen molar-refractivity contribution in [3.8, 4) is 0 Å². The first-order chi connectivity index (χ1) is 10.4. The maximum absolute atomic E-state index is 11.7. The van der Waals surface area contributed by atoms with Crippen molar-refractivity contribution < 1.29 is 19.1 Å². The number of esters is 1. The SMILES string of the molecule is CCCNC(=O)CNC(=O)COC(=O)c1cc(Cl)cc(Cl)c1. The lowest BCUT2D eigenvalue weighted by Gasteiger charge is -2.07. The van der Waals surface area contributed by atoms with Gasteiger partial charge in [-0.05, 0) is 24.6 Å². The molecule has 0 saturated heterocycles. The van der Waals surface area contributed by atoms with Crippen molar-refractivity contribution in [2.75, 3.05) is 19.7 Å². The van der Waals surface area contributed by atoms with Gasteiger partial charge in [0.15, 0.2) is 6.61 Å². The number of benzene rings is 1. The van der Waals surface area contributed by atoms with Gasteiger partial charge in [0.25, 0.3) is 5.91 Å². The van der Waals surface area contributed by atoms with E-state index in [4.69, 9.17) is 27.9 Å². The van der Waals surface area contributed by atoms with Gasteiger partial charge in [-0.1, -0.05) is 30.1 Å². The molecule has 2 N–H and O–H groups in total. The predicted octanol–water partition coefficient (Wildman–Crippen LogP) is 1.79. The summed E-state index contributed by atoms with van der Waals surface area (Å²) >= 11 is 11.5. The number of ether oxygens (including phenoxy) is 1. The maximum atomic E-state index is 11.7. The number of nitrogens with one attached hydrogen (secondary N) is 2. The van der Waals surface area contributed by atoms with Gasteiger partial charge in [0.05, 0.1) is 12.1 Å². The molecule has 2 amide bonds. The lowest BCUT2D eigenvalue weighted by atomic mass is 10.2. The number of carbonyl (C=O) groups is 3. The molecule has 0 saturated carbocycles. The standard InChI is InChI=1S/C14H16Cl2N2O4/c1-2-3-17-12(19)7-18-13(20)8-22-14(21)9-4-10(15)6-11(16)5-9/h4-6H,2-3,7-8H2,1H3,(H,17,19)(H,18,20). The van der Waals surface area contributed by atoms with Crippen molar-refractivity contribution in [2.45, 2.75) is 13.3 Å². The van der Waals surface area contributed by atoms with E-state index in [-0.39, 0.29) is 28.1 Å². The summed E-state index contributed by atoms with van der Waals surface area (Å²) in [5.41, 5.74) is 0.144. The highest BCUT2D eigenvalue weighted by molar-refractivity contribution is 6.35. The molecule has 0 bridgehead atoms. The Kier molecular flexibility index (Phi) is 7.70. The molecule has 22 heavy (non-hydrogen) atoms. The van der Waals surface area contributed by atoms with E-state index in [1.807, 2.05) is 6.92 Å². The molecule has 6 nitrogen and oxygen atoms in total. The summed E-state index contributed by atoms with van der Waals surface area (Å²) in [7, 11) is 0. The first-order valence-electron chi connectivity index (χ1n) is 6.59. The van der Waals surface area contributed by atoms with E-state index in [9.17, 15) is 14.4 Å². The number of carbonyl (C=O) groups excluding carboxylic acids is 3. The van der Waals surface area contributed by atoms with Crippen molar-refractivity contribution in [1.82, 2.24) is 10.6 Å². The quantitative estimate of drug-likeness (QED) is 0.737. The van der Waals surface area contributed by atoms with Crippen LogP contribution in [0.3, 0.4) is 0 Å². The van der Waals surface area contributed by atoms with Crippen LogP contribution in [0.25, 0.3) is 0 Å². The molecule has 0 aromatic heterocycles. The zero-order valence-corrected chi connectivity index (χ0v) is 13.5. The second kappa shape index (κ2) is 9.27. The summed E-state index contributed by atoms with van der Waals surface area (Å²) in [6.07, 6.45) is 0.805. The third kappa shape index (κ3) is 6.78. The van der Waals surface area contributed by atoms with Crippen LogP contribution in [0, 0.1) is 0 Å². The van der Waals surface area contributed by atoms with E-state index >= 15 is 0 Å². The molecular formula is C14H16Cl2N2O4. The summed E-state index contributed by atoms with van der Waals surface area (Å²) < 4.78 is 4.81. The molecule has 1 aromatic carbocycles. The van der Waals surface area contributed by atoms with Crippen LogP contribution in [0.15, 0.2) is 18.2 Å². The third-order valence-corrected chi connectivity index (χ3v) is 2.89. The van der Waals surface area contributed by atoms with Gasteiger partial charge in [-0.2, -0.15) is 0 Å². The monoisotopic (exact) mass is 346 g/mol. The lowest BCUT2D eigenvalue weighted by Crippen LogP contribution is -2.38. The fraction of sp³-hybridized carbons (Fsp3) is 0.357. The Balaban J connectivity index is 2.37. The summed E-state index contributed by atoms with van der Waals surface area (Å²) in [6, 6.07) is 4.24. The summed E-state index contributed by atoms with van der Waals surface area (Å²) in [5, 5.41) is 5.52. The van der Waals surface area contributed by atoms with Crippen LogP contribution >= 0.6 is 23.2 Å². The molecule has 0 aliphatic carbocycles. The minimum absolute atomic E-state index is 0.144. The first-order valence-corrected chi connectivity index (χ1v) is 7.34. The Morgan fingerprint density at radius 3 is 2.27 bits per heavy atom. The molecule has 0 radical (unpaired) electrons. The van der Waals surface area contributed by atoms with Gasteiger partial charge in [0, 0.05) is 16.6 Å². The summed E-state index contributed by atoms with van der Waals surface area (Å²) in [5.74, 6) is -1.61. The fourth-order valence-electron chi connectivity index (χ4n) is 1.44. The Labute approximate surface area is 138 Å². The molecule has 0 fully saturated rings. The second-order valence-electron chi connectivity index (χ2n) is 4.36. The lowest BCUT2D eigenvalue weighted by molar-refractivity contribution is -0.127. The van der Waals surface area contributed by atoms with E-state index in [0.717, 1.165) is 6.42 Å². The van der Waals surface area contributed by atoms with Crippen molar-refractivity contribution in [3.63, 3.8) is 0 Å². The maximum Gasteiger partial charge on any atom is 0.338 e. The Bertz CT molecular complexity index is 544. The van der Waals surface area contributed by atoms with Crippen LogP contribution in [0.2, 0.25) is 10.0 Å². The van der Waals surface area contributed by atoms with E-state index in [1.54, 1.807) is 0 Å². The summed E-state index contributed by atoms with van der Waals surface area (Å²) in [6.45, 7) is 1.79. The van der Waals surface area contributed by atoms with E-state index < -0.39 is 18.5 Å². The minimum atomic E-state index is -0.727. The van der Waals surface area contributed by atoms with Crippen molar-refractivity contribution in [1.29, 1.82) is 0 Å². The van der Waals surface area contributed by atoms with E-state index in [0.29, 0.717) is 6.54 Å². The van der Waals surface area contributed by atoms with Crippen LogP contribution in [-0.4, -0.2) is 37.5 Å². The Hall–Kier alpha value is -1.79. The van der Waals surface area contributed by atoms with Crippen LogP contribution in [0.1, 0.15) is 23.7 Å². The molecule has 0 unspecified atom stereocenters. The molecule has 0 aliphatic heterocycles. The Morgan fingerprint density at radius 2 is 1.68 bits per heavy atom. The van der Waals surface area contributed by atoms with Gasteiger partial charge in [0.1, 0.15) is 0 Å². The van der Waals surface area contributed by atoms with Crippen LogP contribution < -0.4 is 10.6 Å². The second-order valence-corrected chi connectivity index (χ2v) is 5.23. The Morgan fingerprint density at radius 1 is 1.05 bits per heavy atom. The molecule has 0 aliphatic rings. The zero-order valence-electron chi connectivity index (χ0n) is 11.9.